The van der Waals surface area contributed by atoms with Crippen LogP contribution in [0.15, 0.2) is 18.2 Å². The summed E-state index contributed by atoms with van der Waals surface area (Å²) in [5.74, 6) is -1.02. The third-order valence-corrected chi connectivity index (χ3v) is 1.59. The van der Waals surface area contributed by atoms with E-state index in [1.54, 1.807) is 0 Å². The number of hydrogen-bond donors (Lipinski definition) is 1. The Bertz CT molecular complexity index is 365. The zero-order valence-electron chi connectivity index (χ0n) is 7.74. The van der Waals surface area contributed by atoms with Crippen molar-refractivity contribution in [2.24, 2.45) is 0 Å². The van der Waals surface area contributed by atoms with Crippen LogP contribution < -0.4 is 4.74 Å². The van der Waals surface area contributed by atoms with E-state index in [2.05, 4.69) is 9.47 Å². The van der Waals surface area contributed by atoms with Crippen LogP contribution in [-0.4, -0.2) is 24.8 Å². The van der Waals surface area contributed by atoms with Crippen molar-refractivity contribution in [2.45, 2.75) is 6.29 Å². The van der Waals surface area contributed by atoms with Crippen LogP contribution in [0.4, 0.5) is 8.78 Å². The number of rotatable bonds is 4. The monoisotopic (exact) mass is 218 g/mol. The molecule has 1 aromatic rings. The summed E-state index contributed by atoms with van der Waals surface area (Å²) in [7, 11) is 0.761. The Morgan fingerprint density at radius 2 is 2.13 bits per heavy atom. The summed E-state index contributed by atoms with van der Waals surface area (Å²) < 4.78 is 32.9. The fraction of sp³-hybridized carbons (Fsp3) is 0.222. The Labute approximate surface area is 84.0 Å². The molecule has 0 atom stereocenters. The normalized spacial score (nSPS) is 11.1. The minimum Gasteiger partial charge on any atom is -0.504 e. The molecule has 0 fully saturated rings. The minimum atomic E-state index is -3.82. The van der Waals surface area contributed by atoms with Crippen LogP contribution in [0, 0.1) is 0 Å². The van der Waals surface area contributed by atoms with Gasteiger partial charge in [0, 0.05) is 12.7 Å². The van der Waals surface area contributed by atoms with Crippen LogP contribution in [0.2, 0.25) is 0 Å². The summed E-state index contributed by atoms with van der Waals surface area (Å²) in [4.78, 5) is 10.3. The summed E-state index contributed by atoms with van der Waals surface area (Å²) in [6.45, 7) is 0. The number of phenols is 1. The second kappa shape index (κ2) is 4.22. The zero-order chi connectivity index (χ0) is 11.5. The predicted molar refractivity (Wildman–Crippen MR) is 46.1 cm³/mol. The van der Waals surface area contributed by atoms with Crippen molar-refractivity contribution in [3.63, 3.8) is 0 Å². The van der Waals surface area contributed by atoms with Gasteiger partial charge in [0.15, 0.2) is 11.5 Å². The summed E-state index contributed by atoms with van der Waals surface area (Å²) in [6, 6.07) is 3.29. The van der Waals surface area contributed by atoms with E-state index >= 15 is 0 Å². The second-order valence-corrected chi connectivity index (χ2v) is 2.61. The van der Waals surface area contributed by atoms with Gasteiger partial charge in [-0.3, -0.25) is 9.53 Å². The molecule has 0 amide bonds. The number of alkyl halides is 2. The molecule has 0 unspecified atom stereocenters. The topological polar surface area (TPSA) is 55.8 Å². The molecule has 0 aliphatic rings. The molecule has 82 valence electrons. The number of ether oxygens (including phenoxy) is 2. The fourth-order valence-corrected chi connectivity index (χ4v) is 0.864. The van der Waals surface area contributed by atoms with Gasteiger partial charge >= 0.3 is 6.29 Å². The second-order valence-electron chi connectivity index (χ2n) is 2.61. The van der Waals surface area contributed by atoms with Gasteiger partial charge in [-0.1, -0.05) is 0 Å². The van der Waals surface area contributed by atoms with Gasteiger partial charge in [-0.05, 0) is 18.2 Å². The largest absolute Gasteiger partial charge is 0.535 e. The molecule has 0 aromatic heterocycles. The molecule has 0 bridgehead atoms. The Kier molecular flexibility index (Phi) is 3.21. The molecule has 6 heteroatoms. The number of carbonyl (C=O) groups excluding carboxylic acids is 1. The van der Waals surface area contributed by atoms with Gasteiger partial charge in [-0.15, -0.1) is 8.78 Å². The number of phenolic OH excluding ortho intramolecular Hbond substituents is 1. The Morgan fingerprint density at radius 3 is 2.60 bits per heavy atom. The van der Waals surface area contributed by atoms with Gasteiger partial charge < -0.3 is 9.84 Å². The number of carbonyl (C=O) groups is 1. The lowest BCUT2D eigenvalue weighted by Gasteiger charge is -2.15. The molecule has 1 N–H and O–H groups in total. The molecule has 0 heterocycles. The van der Waals surface area contributed by atoms with Gasteiger partial charge in [0.25, 0.3) is 0 Å². The van der Waals surface area contributed by atoms with Crippen molar-refractivity contribution in [2.75, 3.05) is 7.11 Å². The number of methoxy groups -OCH3 is 1. The van der Waals surface area contributed by atoms with Crippen LogP contribution in [0.1, 0.15) is 10.4 Å². The maximum Gasteiger partial charge on any atom is 0.535 e. The molecule has 4 nitrogen and oxygen atoms in total. The number of hydrogen-bond acceptors (Lipinski definition) is 4. The van der Waals surface area contributed by atoms with E-state index in [0.717, 1.165) is 19.2 Å². The fourth-order valence-electron chi connectivity index (χ4n) is 0.864. The maximum absolute atomic E-state index is 12.6. The van der Waals surface area contributed by atoms with Crippen LogP contribution in [0.25, 0.3) is 0 Å². The van der Waals surface area contributed by atoms with Gasteiger partial charge in [-0.2, -0.15) is 0 Å². The van der Waals surface area contributed by atoms with E-state index in [9.17, 15) is 18.7 Å². The first-order chi connectivity index (χ1) is 6.98. The first-order valence-electron chi connectivity index (χ1n) is 3.88. The summed E-state index contributed by atoms with van der Waals surface area (Å²) >= 11 is 0. The highest BCUT2D eigenvalue weighted by molar-refractivity contribution is 5.76. The smallest absolute Gasteiger partial charge is 0.504 e. The van der Waals surface area contributed by atoms with Crippen LogP contribution >= 0.6 is 0 Å². The highest BCUT2D eigenvalue weighted by Gasteiger charge is 2.32. The molecule has 1 aromatic carbocycles. The van der Waals surface area contributed by atoms with Crippen molar-refractivity contribution < 1.29 is 28.2 Å². The van der Waals surface area contributed by atoms with Crippen LogP contribution in [0.3, 0.4) is 0 Å². The quantitative estimate of drug-likeness (QED) is 0.618. The van der Waals surface area contributed by atoms with Gasteiger partial charge in [0.1, 0.15) is 6.29 Å². The number of aldehydes is 1. The molecule has 0 spiro atoms. The lowest BCUT2D eigenvalue weighted by Crippen LogP contribution is -2.26. The lowest BCUT2D eigenvalue weighted by atomic mass is 10.2. The summed E-state index contributed by atoms with van der Waals surface area (Å²) in [5, 5.41) is 9.21. The van der Waals surface area contributed by atoms with E-state index in [0.29, 0.717) is 6.29 Å². The first-order valence-corrected chi connectivity index (χ1v) is 3.88. The number of benzene rings is 1. The average Bonchev–Trinajstić information content (AvgIpc) is 2.21. The van der Waals surface area contributed by atoms with Crippen LogP contribution in [0.5, 0.6) is 11.5 Å². The molecule has 0 aliphatic heterocycles. The molecule has 0 saturated carbocycles. The predicted octanol–water partition coefficient (Wildman–Crippen LogP) is 1.78. The van der Waals surface area contributed by atoms with Gasteiger partial charge in [0.2, 0.25) is 0 Å². The molecule has 15 heavy (non-hydrogen) atoms. The van der Waals surface area contributed by atoms with E-state index in [4.69, 9.17) is 0 Å². The highest BCUT2D eigenvalue weighted by atomic mass is 19.3. The SMILES string of the molecule is COC(F)(F)Oc1ccc(C=O)cc1O. The molecule has 0 aliphatic carbocycles. The molecular formula is C9H8F2O4. The van der Waals surface area contributed by atoms with E-state index in [1.165, 1.54) is 6.07 Å². The van der Waals surface area contributed by atoms with E-state index in [-0.39, 0.29) is 5.56 Å². The molecular weight excluding hydrogens is 210 g/mol. The third-order valence-electron chi connectivity index (χ3n) is 1.59. The Morgan fingerprint density at radius 1 is 1.47 bits per heavy atom. The summed E-state index contributed by atoms with van der Waals surface area (Å²) in [5.41, 5.74) is 0.153. The average molecular weight is 218 g/mol. The number of halogens is 2. The minimum absolute atomic E-state index is 0.153. The van der Waals surface area contributed by atoms with E-state index in [1.807, 2.05) is 0 Å². The van der Waals surface area contributed by atoms with Gasteiger partial charge in [0.05, 0.1) is 0 Å². The maximum atomic E-state index is 12.6. The van der Waals surface area contributed by atoms with Crippen molar-refractivity contribution in [1.82, 2.24) is 0 Å². The molecule has 0 radical (unpaired) electrons. The van der Waals surface area contributed by atoms with Crippen LogP contribution in [-0.2, 0) is 4.74 Å². The van der Waals surface area contributed by atoms with Gasteiger partial charge in [-0.25, -0.2) is 0 Å². The van der Waals surface area contributed by atoms with Crippen molar-refractivity contribution >= 4 is 6.29 Å². The van der Waals surface area contributed by atoms with E-state index < -0.39 is 17.8 Å². The molecule has 0 saturated heterocycles. The van der Waals surface area contributed by atoms with Crippen molar-refractivity contribution in [1.29, 1.82) is 0 Å². The highest BCUT2D eigenvalue weighted by Crippen LogP contribution is 2.31. The van der Waals surface area contributed by atoms with Crippen molar-refractivity contribution in [3.8, 4) is 11.5 Å². The Hall–Kier alpha value is -1.69. The third kappa shape index (κ3) is 2.88. The zero-order valence-corrected chi connectivity index (χ0v) is 7.74. The van der Waals surface area contributed by atoms with Crippen molar-refractivity contribution in [3.05, 3.63) is 23.8 Å². The Balaban J connectivity index is 2.92. The molecule has 1 rings (SSSR count). The standard InChI is InChI=1S/C9H8F2O4/c1-14-9(10,11)15-8-3-2-6(5-12)4-7(8)13/h2-5,13H,1H3. The number of aromatic hydroxyl groups is 1. The first kappa shape index (κ1) is 11.4. The lowest BCUT2D eigenvalue weighted by molar-refractivity contribution is -0.342. The summed E-state index contributed by atoms with van der Waals surface area (Å²) in [6.07, 6.45) is -3.35.